The quantitative estimate of drug-likeness (QED) is 0.704. The molecule has 0 N–H and O–H groups in total. The Balaban J connectivity index is 2.05. The number of nitrogens with zero attached hydrogens (tertiary/aromatic N) is 2. The van der Waals surface area contributed by atoms with E-state index in [0.717, 1.165) is 11.8 Å². The average molecular weight is 192 g/mol. The highest BCUT2D eigenvalue weighted by molar-refractivity contribution is 5.05. The third kappa shape index (κ3) is 1.99. The molecule has 1 aromatic rings. The molecule has 1 aliphatic rings. The summed E-state index contributed by atoms with van der Waals surface area (Å²) in [5, 5.41) is 0. The van der Waals surface area contributed by atoms with Gasteiger partial charge in [0.25, 0.3) is 0 Å². The van der Waals surface area contributed by atoms with Crippen molar-refractivity contribution < 1.29 is 0 Å². The second kappa shape index (κ2) is 3.76. The monoisotopic (exact) mass is 192 g/mol. The van der Waals surface area contributed by atoms with E-state index in [1.54, 1.807) is 0 Å². The summed E-state index contributed by atoms with van der Waals surface area (Å²) in [5.74, 6) is 2.99. The number of aryl methyl sites for hydroxylation is 2. The van der Waals surface area contributed by atoms with E-state index in [2.05, 4.69) is 36.5 Å². The first-order chi connectivity index (χ1) is 6.65. The van der Waals surface area contributed by atoms with Crippen LogP contribution in [0.4, 0.5) is 0 Å². The lowest BCUT2D eigenvalue weighted by Crippen LogP contribution is -2.20. The van der Waals surface area contributed by atoms with E-state index in [0.29, 0.717) is 0 Å². The number of fused-ring (bicyclic) bond motifs is 1. The Morgan fingerprint density at radius 2 is 2.36 bits per heavy atom. The Morgan fingerprint density at radius 1 is 1.57 bits per heavy atom. The average Bonchev–Trinajstić information content (AvgIpc) is 2.42. The minimum Gasteiger partial charge on any atom is -0.335 e. The molecule has 0 fully saturated rings. The Morgan fingerprint density at radius 3 is 3.07 bits per heavy atom. The third-order valence-electron chi connectivity index (χ3n) is 3.03. The summed E-state index contributed by atoms with van der Waals surface area (Å²) in [6, 6.07) is 0. The van der Waals surface area contributed by atoms with E-state index in [-0.39, 0.29) is 0 Å². The fraction of sp³-hybridized carbons (Fsp3) is 0.750. The molecule has 0 unspecified atom stereocenters. The molecule has 0 saturated heterocycles. The van der Waals surface area contributed by atoms with Crippen molar-refractivity contribution in [2.24, 2.45) is 11.8 Å². The first-order valence-corrected chi connectivity index (χ1v) is 5.68. The lowest BCUT2D eigenvalue weighted by Gasteiger charge is -2.24. The van der Waals surface area contributed by atoms with Gasteiger partial charge in [0, 0.05) is 19.2 Å². The van der Waals surface area contributed by atoms with E-state index in [4.69, 9.17) is 0 Å². The van der Waals surface area contributed by atoms with Gasteiger partial charge in [-0.15, -0.1) is 0 Å². The lowest BCUT2D eigenvalue weighted by molar-refractivity contribution is 0.324. The maximum atomic E-state index is 4.57. The predicted molar refractivity (Wildman–Crippen MR) is 58.2 cm³/mol. The number of hydrogen-bond acceptors (Lipinski definition) is 1. The van der Waals surface area contributed by atoms with Crippen molar-refractivity contribution in [3.05, 3.63) is 17.7 Å². The van der Waals surface area contributed by atoms with Crippen molar-refractivity contribution in [3.8, 4) is 0 Å². The molecule has 2 rings (SSSR count). The number of imidazole rings is 1. The zero-order valence-electron chi connectivity index (χ0n) is 9.45. The van der Waals surface area contributed by atoms with Crippen molar-refractivity contribution in [2.75, 3.05) is 0 Å². The van der Waals surface area contributed by atoms with E-state index >= 15 is 0 Å². The van der Waals surface area contributed by atoms with E-state index in [9.17, 15) is 0 Å². The van der Waals surface area contributed by atoms with Crippen LogP contribution in [0.2, 0.25) is 0 Å². The highest BCUT2D eigenvalue weighted by Gasteiger charge is 2.20. The van der Waals surface area contributed by atoms with Crippen LogP contribution in [0.5, 0.6) is 0 Å². The first-order valence-electron chi connectivity index (χ1n) is 5.68. The summed E-state index contributed by atoms with van der Waals surface area (Å²) < 4.78 is 2.33. The maximum Gasteiger partial charge on any atom is 0.109 e. The van der Waals surface area contributed by atoms with Gasteiger partial charge in [0.2, 0.25) is 0 Å². The van der Waals surface area contributed by atoms with Gasteiger partial charge in [0.05, 0.1) is 5.69 Å². The van der Waals surface area contributed by atoms with Gasteiger partial charge in [-0.2, -0.15) is 0 Å². The van der Waals surface area contributed by atoms with Crippen LogP contribution in [0, 0.1) is 18.8 Å². The summed E-state index contributed by atoms with van der Waals surface area (Å²) in [6.07, 6.45) is 6.06. The van der Waals surface area contributed by atoms with Crippen LogP contribution in [-0.4, -0.2) is 9.55 Å². The summed E-state index contributed by atoms with van der Waals surface area (Å²) in [5.41, 5.74) is 1.17. The van der Waals surface area contributed by atoms with Crippen molar-refractivity contribution in [2.45, 2.75) is 46.6 Å². The molecule has 0 aliphatic carbocycles. The first kappa shape index (κ1) is 9.75. The van der Waals surface area contributed by atoms with Crippen LogP contribution in [0.3, 0.4) is 0 Å². The van der Waals surface area contributed by atoms with E-state index < -0.39 is 0 Å². The lowest BCUT2D eigenvalue weighted by atomic mass is 9.89. The molecule has 2 heterocycles. The molecule has 78 valence electrons. The highest BCUT2D eigenvalue weighted by atomic mass is 15.1. The molecule has 0 saturated carbocycles. The van der Waals surface area contributed by atoms with Crippen molar-refractivity contribution in [1.29, 1.82) is 0 Å². The SMILES string of the molecule is Cc1cn2c(n1)C[C@@H](CC(C)C)CC2. The largest absolute Gasteiger partial charge is 0.335 e. The molecule has 1 atom stereocenters. The molecule has 0 spiro atoms. The fourth-order valence-corrected chi connectivity index (χ4v) is 2.50. The van der Waals surface area contributed by atoms with Crippen LogP contribution in [0.15, 0.2) is 6.20 Å². The molecule has 2 nitrogen and oxygen atoms in total. The zero-order chi connectivity index (χ0) is 10.1. The summed E-state index contributed by atoms with van der Waals surface area (Å²) in [4.78, 5) is 4.57. The van der Waals surface area contributed by atoms with Gasteiger partial charge in [0.15, 0.2) is 0 Å². The van der Waals surface area contributed by atoms with Crippen LogP contribution >= 0.6 is 0 Å². The summed E-state index contributed by atoms with van der Waals surface area (Å²) in [6.45, 7) is 7.88. The molecule has 14 heavy (non-hydrogen) atoms. The predicted octanol–water partition coefficient (Wildman–Crippen LogP) is 2.80. The molecule has 1 aliphatic heterocycles. The smallest absolute Gasteiger partial charge is 0.109 e. The molecule has 0 radical (unpaired) electrons. The standard InChI is InChI=1S/C12H20N2/c1-9(2)6-11-4-5-14-8-10(3)13-12(14)7-11/h8-9,11H,4-7H2,1-3H3/t11-/m1/s1. The maximum absolute atomic E-state index is 4.57. The zero-order valence-corrected chi connectivity index (χ0v) is 9.45. The highest BCUT2D eigenvalue weighted by Crippen LogP contribution is 2.25. The summed E-state index contributed by atoms with van der Waals surface area (Å²) >= 11 is 0. The Bertz CT molecular complexity index is 312. The van der Waals surface area contributed by atoms with Gasteiger partial charge >= 0.3 is 0 Å². The molecular weight excluding hydrogens is 172 g/mol. The van der Waals surface area contributed by atoms with Crippen LogP contribution in [0.25, 0.3) is 0 Å². The van der Waals surface area contributed by atoms with E-state index in [1.165, 1.54) is 37.3 Å². The third-order valence-corrected chi connectivity index (χ3v) is 3.03. The number of hydrogen-bond donors (Lipinski definition) is 0. The molecule has 0 amide bonds. The molecule has 0 aromatic carbocycles. The topological polar surface area (TPSA) is 17.8 Å². The Labute approximate surface area is 86.3 Å². The molecule has 2 heteroatoms. The fourth-order valence-electron chi connectivity index (χ4n) is 2.50. The Kier molecular flexibility index (Phi) is 2.62. The summed E-state index contributed by atoms with van der Waals surface area (Å²) in [7, 11) is 0. The van der Waals surface area contributed by atoms with Gasteiger partial charge in [0.1, 0.15) is 5.82 Å². The van der Waals surface area contributed by atoms with Crippen molar-refractivity contribution >= 4 is 0 Å². The van der Waals surface area contributed by atoms with Crippen LogP contribution < -0.4 is 0 Å². The van der Waals surface area contributed by atoms with E-state index in [1.807, 2.05) is 0 Å². The van der Waals surface area contributed by atoms with Crippen molar-refractivity contribution in [1.82, 2.24) is 9.55 Å². The van der Waals surface area contributed by atoms with Gasteiger partial charge in [-0.25, -0.2) is 4.98 Å². The number of rotatable bonds is 2. The second-order valence-electron chi connectivity index (χ2n) is 4.98. The van der Waals surface area contributed by atoms with Gasteiger partial charge in [-0.3, -0.25) is 0 Å². The molecular formula is C12H20N2. The van der Waals surface area contributed by atoms with Gasteiger partial charge in [-0.05, 0) is 31.6 Å². The molecule has 1 aromatic heterocycles. The van der Waals surface area contributed by atoms with Crippen LogP contribution in [-0.2, 0) is 13.0 Å². The van der Waals surface area contributed by atoms with Crippen molar-refractivity contribution in [3.63, 3.8) is 0 Å². The van der Waals surface area contributed by atoms with Gasteiger partial charge in [-0.1, -0.05) is 13.8 Å². The Hall–Kier alpha value is -0.790. The number of aromatic nitrogens is 2. The minimum atomic E-state index is 0.822. The van der Waals surface area contributed by atoms with Gasteiger partial charge < -0.3 is 4.57 Å². The van der Waals surface area contributed by atoms with Crippen LogP contribution in [0.1, 0.15) is 38.2 Å². The minimum absolute atomic E-state index is 0.822. The normalized spacial score (nSPS) is 21.3. The molecule has 0 bridgehead atoms. The second-order valence-corrected chi connectivity index (χ2v) is 4.98.